The van der Waals surface area contributed by atoms with Crippen LogP contribution in [0.3, 0.4) is 0 Å². The van der Waals surface area contributed by atoms with Crippen LogP contribution in [0.4, 0.5) is 4.39 Å². The van der Waals surface area contributed by atoms with Crippen LogP contribution >= 0.6 is 0 Å². The maximum atomic E-state index is 14.1. The van der Waals surface area contributed by atoms with Gasteiger partial charge in [-0.25, -0.2) is 4.39 Å². The Labute approximate surface area is 243 Å². The van der Waals surface area contributed by atoms with Crippen LogP contribution in [0.15, 0.2) is 24.3 Å². The molecule has 2 aliphatic carbocycles. The van der Waals surface area contributed by atoms with E-state index in [-0.39, 0.29) is 29.6 Å². The van der Waals surface area contributed by atoms with E-state index in [0.29, 0.717) is 17.9 Å². The van der Waals surface area contributed by atoms with Crippen molar-refractivity contribution in [1.82, 2.24) is 24.9 Å². The van der Waals surface area contributed by atoms with E-state index in [9.17, 15) is 14.0 Å². The van der Waals surface area contributed by atoms with Gasteiger partial charge in [-0.2, -0.15) is 5.10 Å². The quantitative estimate of drug-likeness (QED) is 0.455. The summed E-state index contributed by atoms with van der Waals surface area (Å²) in [5.74, 6) is 1.01. The van der Waals surface area contributed by atoms with Crippen molar-refractivity contribution < 1.29 is 14.0 Å². The molecular weight excluding hydrogens is 517 g/mol. The van der Waals surface area contributed by atoms with Gasteiger partial charge in [-0.15, -0.1) is 0 Å². The Morgan fingerprint density at radius 3 is 2.34 bits per heavy atom. The van der Waals surface area contributed by atoms with Gasteiger partial charge in [0.15, 0.2) is 0 Å². The zero-order chi connectivity index (χ0) is 28.5. The molecule has 2 amide bonds. The third-order valence-electron chi connectivity index (χ3n) is 10.3. The number of carbonyl (C=O) groups excluding carboxylic acids is 2. The molecule has 4 fully saturated rings. The Morgan fingerprint density at radius 1 is 0.976 bits per heavy atom. The van der Waals surface area contributed by atoms with Crippen LogP contribution in [-0.2, 0) is 4.79 Å². The number of carbonyl (C=O) groups is 2. The first kappa shape index (κ1) is 28.4. The zero-order valence-corrected chi connectivity index (χ0v) is 24.8. The molecular formula is C33H46FN5O2. The number of rotatable bonds is 8. The number of hydrogen-bond acceptors (Lipinski definition) is 4. The highest BCUT2D eigenvalue weighted by molar-refractivity contribution is 5.96. The normalized spacial score (nSPS) is 24.6. The van der Waals surface area contributed by atoms with E-state index in [4.69, 9.17) is 5.10 Å². The Kier molecular flexibility index (Phi) is 8.47. The summed E-state index contributed by atoms with van der Waals surface area (Å²) >= 11 is 0. The molecule has 2 saturated heterocycles. The molecule has 222 valence electrons. The van der Waals surface area contributed by atoms with Crippen molar-refractivity contribution in [3.8, 4) is 0 Å². The summed E-state index contributed by atoms with van der Waals surface area (Å²) in [7, 11) is 0. The minimum absolute atomic E-state index is 0.0859. The van der Waals surface area contributed by atoms with Gasteiger partial charge in [0.25, 0.3) is 5.91 Å². The summed E-state index contributed by atoms with van der Waals surface area (Å²) < 4.78 is 16.2. The molecule has 2 aromatic rings. The Balaban J connectivity index is 1.05. The van der Waals surface area contributed by atoms with Gasteiger partial charge < -0.3 is 15.1 Å². The van der Waals surface area contributed by atoms with Crippen LogP contribution in [-0.4, -0.2) is 64.1 Å². The second kappa shape index (κ2) is 12.2. The molecule has 8 heteroatoms. The lowest BCUT2D eigenvalue weighted by atomic mass is 9.95. The molecule has 1 aromatic carbocycles. The van der Waals surface area contributed by atoms with Crippen molar-refractivity contribution in [3.05, 3.63) is 52.6 Å². The number of amides is 2. The van der Waals surface area contributed by atoms with Crippen molar-refractivity contribution in [2.45, 2.75) is 90.1 Å². The topological polar surface area (TPSA) is 70.5 Å². The molecule has 2 aliphatic heterocycles. The Hall–Kier alpha value is -2.74. The summed E-state index contributed by atoms with van der Waals surface area (Å²) in [5.41, 5.74) is 3.54. The number of benzene rings is 1. The first-order chi connectivity index (χ1) is 19.9. The molecule has 3 heterocycles. The number of halogens is 1. The molecule has 6 rings (SSSR count). The number of likely N-dealkylation sites (tertiary alicyclic amines) is 2. The largest absolute Gasteiger partial charge is 0.349 e. The molecule has 2 unspecified atom stereocenters. The van der Waals surface area contributed by atoms with Crippen LogP contribution < -0.4 is 5.32 Å². The number of hydrogen-bond donors (Lipinski definition) is 1. The van der Waals surface area contributed by atoms with E-state index < -0.39 is 0 Å². The minimum Gasteiger partial charge on any atom is -0.349 e. The van der Waals surface area contributed by atoms with E-state index in [2.05, 4.69) is 26.7 Å². The van der Waals surface area contributed by atoms with Gasteiger partial charge >= 0.3 is 0 Å². The maximum absolute atomic E-state index is 14.1. The standard InChI is InChI=1S/C33H46FN5O2/c1-22-31(23(2)39(36-22)29-13-4-3-5-14-29)33(41)38-20-26-18-37(19-27(26)21-38)16-15-30(25-11-8-12-28(34)17-25)35-32(40)24-9-6-7-10-24/h8,11-12,17,24,26-27,29-30H,3-7,9-10,13-16,18-21H2,1-2H3,(H,35,40)/t26-,27?,30?/m0/s1. The maximum Gasteiger partial charge on any atom is 0.257 e. The summed E-state index contributed by atoms with van der Waals surface area (Å²) in [4.78, 5) is 31.2. The van der Waals surface area contributed by atoms with Gasteiger partial charge in [-0.3, -0.25) is 14.3 Å². The molecule has 41 heavy (non-hydrogen) atoms. The van der Waals surface area contributed by atoms with Crippen molar-refractivity contribution in [2.75, 3.05) is 32.7 Å². The predicted molar refractivity (Wildman–Crippen MR) is 157 cm³/mol. The first-order valence-corrected chi connectivity index (χ1v) is 16.0. The highest BCUT2D eigenvalue weighted by atomic mass is 19.1. The molecule has 0 spiro atoms. The fraction of sp³-hybridized carbons (Fsp3) is 0.667. The van der Waals surface area contributed by atoms with E-state index >= 15 is 0 Å². The Morgan fingerprint density at radius 2 is 1.66 bits per heavy atom. The van der Waals surface area contributed by atoms with E-state index in [1.165, 1.54) is 25.3 Å². The highest BCUT2D eigenvalue weighted by Gasteiger charge is 2.42. The number of aryl methyl sites for hydroxylation is 1. The Bertz CT molecular complexity index is 1230. The van der Waals surface area contributed by atoms with Gasteiger partial charge in [0.1, 0.15) is 5.82 Å². The van der Waals surface area contributed by atoms with Crippen molar-refractivity contribution in [2.24, 2.45) is 17.8 Å². The summed E-state index contributed by atoms with van der Waals surface area (Å²) in [6.45, 7) is 8.40. The van der Waals surface area contributed by atoms with Crippen LogP contribution in [0.1, 0.15) is 104 Å². The third-order valence-corrected chi connectivity index (χ3v) is 10.3. The molecule has 0 bridgehead atoms. The smallest absolute Gasteiger partial charge is 0.257 e. The number of aromatic nitrogens is 2. The van der Waals surface area contributed by atoms with Crippen LogP contribution in [0.5, 0.6) is 0 Å². The molecule has 4 aliphatic rings. The fourth-order valence-corrected chi connectivity index (χ4v) is 8.09. The summed E-state index contributed by atoms with van der Waals surface area (Å²) in [5, 5.41) is 8.09. The van der Waals surface area contributed by atoms with Gasteiger partial charge in [0.05, 0.1) is 23.3 Å². The lowest BCUT2D eigenvalue weighted by Crippen LogP contribution is -2.37. The predicted octanol–water partition coefficient (Wildman–Crippen LogP) is 5.59. The van der Waals surface area contributed by atoms with Crippen molar-refractivity contribution >= 4 is 11.8 Å². The van der Waals surface area contributed by atoms with Gasteiger partial charge in [0.2, 0.25) is 5.91 Å². The monoisotopic (exact) mass is 563 g/mol. The molecule has 2 saturated carbocycles. The van der Waals surface area contributed by atoms with Crippen molar-refractivity contribution in [1.29, 1.82) is 0 Å². The average molecular weight is 564 g/mol. The highest BCUT2D eigenvalue weighted by Crippen LogP contribution is 2.35. The summed E-state index contributed by atoms with van der Waals surface area (Å²) in [6, 6.07) is 6.90. The van der Waals surface area contributed by atoms with Gasteiger partial charge in [-0.1, -0.05) is 44.2 Å². The number of nitrogens with zero attached hydrogens (tertiary/aromatic N) is 4. The molecule has 3 atom stereocenters. The molecule has 0 radical (unpaired) electrons. The van der Waals surface area contributed by atoms with Crippen LogP contribution in [0, 0.1) is 37.4 Å². The second-order valence-corrected chi connectivity index (χ2v) is 13.2. The van der Waals surface area contributed by atoms with Gasteiger partial charge in [0, 0.05) is 44.3 Å². The minimum atomic E-state index is -0.266. The fourth-order valence-electron chi connectivity index (χ4n) is 8.09. The lowest BCUT2D eigenvalue weighted by Gasteiger charge is -2.26. The SMILES string of the molecule is Cc1nn(C2CCCCC2)c(C)c1C(=O)N1CC2CN(CCC(NC(=O)C3CCCC3)c3cccc(F)c3)C[C@H]2C1. The van der Waals surface area contributed by atoms with E-state index in [1.807, 2.05) is 13.0 Å². The van der Waals surface area contributed by atoms with Gasteiger partial charge in [-0.05, 0) is 75.5 Å². The first-order valence-electron chi connectivity index (χ1n) is 16.0. The lowest BCUT2D eigenvalue weighted by molar-refractivity contribution is -0.125. The second-order valence-electron chi connectivity index (χ2n) is 13.2. The summed E-state index contributed by atoms with van der Waals surface area (Å²) in [6.07, 6.45) is 11.0. The van der Waals surface area contributed by atoms with Crippen LogP contribution in [0.25, 0.3) is 0 Å². The zero-order valence-electron chi connectivity index (χ0n) is 24.8. The van der Waals surface area contributed by atoms with E-state index in [1.54, 1.807) is 12.1 Å². The average Bonchev–Trinajstić information content (AvgIpc) is 3.75. The number of nitrogens with one attached hydrogen (secondary N) is 1. The molecule has 7 nitrogen and oxygen atoms in total. The third kappa shape index (κ3) is 6.08. The molecule has 1 aromatic heterocycles. The van der Waals surface area contributed by atoms with E-state index in [0.717, 1.165) is 100 Å². The van der Waals surface area contributed by atoms with Crippen LogP contribution in [0.2, 0.25) is 0 Å². The van der Waals surface area contributed by atoms with Crippen molar-refractivity contribution in [3.63, 3.8) is 0 Å². The molecule has 1 N–H and O–H groups in total. The number of fused-ring (bicyclic) bond motifs is 1.